The monoisotopic (exact) mass is 523 g/mol. The van der Waals surface area contributed by atoms with E-state index in [0.717, 1.165) is 14.8 Å². The molecule has 4 rings (SSSR count). The van der Waals surface area contributed by atoms with E-state index < -0.39 is 86.4 Å². The summed E-state index contributed by atoms with van der Waals surface area (Å²) in [6.45, 7) is -1.34. The molecule has 4 aliphatic rings. The van der Waals surface area contributed by atoms with Crippen LogP contribution in [0.15, 0.2) is 0 Å². The molecule has 36 heavy (non-hydrogen) atoms. The molecule has 0 saturated carbocycles. The molecule has 0 unspecified atom stereocenters. The number of hydrogen-bond donors (Lipinski definition) is 9. The predicted molar refractivity (Wildman–Crippen MR) is 111 cm³/mol. The van der Waals surface area contributed by atoms with Crippen LogP contribution in [-0.2, 0) is 9.47 Å². The molecular formula is C17H29N7O12. The Bertz CT molecular complexity index is 798. The van der Waals surface area contributed by atoms with Crippen molar-refractivity contribution in [1.82, 2.24) is 30.3 Å². The van der Waals surface area contributed by atoms with Gasteiger partial charge >= 0.3 is 24.1 Å². The van der Waals surface area contributed by atoms with Gasteiger partial charge in [0.1, 0.15) is 50.0 Å². The Balaban J connectivity index is 0.000000201. The lowest BCUT2D eigenvalue weighted by Gasteiger charge is -2.37. The minimum Gasteiger partial charge on any atom is -0.394 e. The van der Waals surface area contributed by atoms with Gasteiger partial charge in [-0.25, -0.2) is 30.0 Å². The maximum Gasteiger partial charge on any atom is 0.341 e. The predicted octanol–water partition coefficient (Wildman–Crippen LogP) is -5.84. The van der Waals surface area contributed by atoms with E-state index in [1.54, 1.807) is 0 Å². The highest BCUT2D eigenvalue weighted by Gasteiger charge is 2.49. The molecule has 19 heteroatoms. The average Bonchev–Trinajstić information content (AvgIpc) is 3.29. The highest BCUT2D eigenvalue weighted by molar-refractivity contribution is 5.96. The minimum absolute atomic E-state index is 0.0722. The molecule has 0 aliphatic carbocycles. The van der Waals surface area contributed by atoms with Crippen LogP contribution in [0.1, 0.15) is 0 Å². The standard InChI is InChI=1S/C9H15N3O6.C8H14N4O6/c1-11-3-12(9(17)10-8(11)16)7-6(15)5(14)4(2-13)18-7;9-12-2-11(7(16)10-8(12)17)6-5(15)4(14)3(1-13)18-6/h4-7,13-15H,2-3H2,1H3,(H,10,16,17);3-6,13-15H,1-2,9H2,(H,10,16,17)/t4-,5-,6-,7-;3-,4-,5-,6-/m11/s1. The molecule has 19 nitrogen and oxygen atoms in total. The third-order valence-corrected chi connectivity index (χ3v) is 5.87. The Morgan fingerprint density at radius 1 is 0.750 bits per heavy atom. The van der Waals surface area contributed by atoms with Crippen LogP contribution in [0.25, 0.3) is 0 Å². The lowest BCUT2D eigenvalue weighted by molar-refractivity contribution is -0.0921. The maximum atomic E-state index is 11.6. The van der Waals surface area contributed by atoms with Crippen LogP contribution in [0, 0.1) is 0 Å². The SMILES string of the molecule is CN1CN([C@@H]2O[C@H](CO)[C@@H](O)[C@H]2O)C(=O)NC1=O.NN1CN([C@@H]2O[C@H](CO)[C@@H](O)[C@H]2O)C(=O)NC1=O. The normalized spacial score (nSPS) is 37.1. The number of aliphatic hydroxyl groups excluding tert-OH is 6. The van der Waals surface area contributed by atoms with Crippen molar-refractivity contribution >= 4 is 24.1 Å². The van der Waals surface area contributed by atoms with Gasteiger partial charge in [0.05, 0.1) is 13.2 Å². The summed E-state index contributed by atoms with van der Waals surface area (Å²) < 4.78 is 10.4. The number of amides is 8. The molecule has 10 N–H and O–H groups in total. The van der Waals surface area contributed by atoms with Gasteiger partial charge in [-0.2, -0.15) is 0 Å². The molecule has 8 amide bonds. The number of carbonyl (C=O) groups is 4. The van der Waals surface area contributed by atoms with Gasteiger partial charge in [0.15, 0.2) is 12.5 Å². The molecule has 0 bridgehead atoms. The Morgan fingerprint density at radius 2 is 1.17 bits per heavy atom. The highest BCUT2D eigenvalue weighted by Crippen LogP contribution is 2.26. The van der Waals surface area contributed by atoms with Crippen molar-refractivity contribution in [2.75, 3.05) is 33.6 Å². The second-order valence-corrected chi connectivity index (χ2v) is 8.32. The van der Waals surface area contributed by atoms with E-state index in [1.807, 2.05) is 5.32 Å². The number of aliphatic hydroxyl groups is 6. The molecule has 4 saturated heterocycles. The van der Waals surface area contributed by atoms with Crippen molar-refractivity contribution in [1.29, 1.82) is 0 Å². The summed E-state index contributed by atoms with van der Waals surface area (Å²) in [5, 5.41) is 61.2. The third kappa shape index (κ3) is 5.28. The summed E-state index contributed by atoms with van der Waals surface area (Å²) in [6, 6.07) is -2.84. The van der Waals surface area contributed by atoms with Crippen LogP contribution >= 0.6 is 0 Å². The number of ether oxygens (including phenoxy) is 2. The van der Waals surface area contributed by atoms with E-state index in [-0.39, 0.29) is 13.3 Å². The number of urea groups is 4. The van der Waals surface area contributed by atoms with Gasteiger partial charge < -0.3 is 45.0 Å². The zero-order valence-electron chi connectivity index (χ0n) is 18.9. The highest BCUT2D eigenvalue weighted by atomic mass is 16.6. The first-order chi connectivity index (χ1) is 16.9. The number of hydrogen-bond acceptors (Lipinski definition) is 13. The van der Waals surface area contributed by atoms with Crippen LogP contribution in [0.3, 0.4) is 0 Å². The first-order valence-corrected chi connectivity index (χ1v) is 10.6. The van der Waals surface area contributed by atoms with Gasteiger partial charge in [0.25, 0.3) is 0 Å². The van der Waals surface area contributed by atoms with E-state index in [9.17, 15) is 39.6 Å². The molecule has 0 aromatic heterocycles. The zero-order valence-corrected chi connectivity index (χ0v) is 18.9. The minimum atomic E-state index is -1.39. The summed E-state index contributed by atoms with van der Waals surface area (Å²) >= 11 is 0. The lowest BCUT2D eigenvalue weighted by Crippen LogP contribution is -2.65. The van der Waals surface area contributed by atoms with Gasteiger partial charge in [-0.15, -0.1) is 0 Å². The molecule has 204 valence electrons. The first-order valence-electron chi connectivity index (χ1n) is 10.6. The Labute approximate surface area is 203 Å². The van der Waals surface area contributed by atoms with Crippen molar-refractivity contribution in [3.63, 3.8) is 0 Å². The number of nitrogens with zero attached hydrogens (tertiary/aromatic N) is 4. The Hall–Kier alpha value is -2.88. The van der Waals surface area contributed by atoms with Gasteiger partial charge in [-0.3, -0.25) is 20.4 Å². The molecule has 0 radical (unpaired) electrons. The summed E-state index contributed by atoms with van der Waals surface area (Å²) in [5.41, 5.74) is 0. The second kappa shape index (κ2) is 11.0. The third-order valence-electron chi connectivity index (χ3n) is 5.87. The molecule has 0 aromatic rings. The lowest BCUT2D eigenvalue weighted by atomic mass is 10.1. The van der Waals surface area contributed by atoms with Crippen molar-refractivity contribution in [2.24, 2.45) is 5.84 Å². The number of carbonyl (C=O) groups excluding carboxylic acids is 4. The number of nitrogens with two attached hydrogens (primary N) is 1. The average molecular weight is 523 g/mol. The van der Waals surface area contributed by atoms with Gasteiger partial charge in [-0.05, 0) is 0 Å². The zero-order chi connectivity index (χ0) is 26.9. The molecule has 4 fully saturated rings. The quantitative estimate of drug-likeness (QED) is 0.123. The first kappa shape index (κ1) is 27.7. The fraction of sp³-hybridized carbons (Fsp3) is 0.765. The van der Waals surface area contributed by atoms with E-state index >= 15 is 0 Å². The summed E-state index contributed by atoms with van der Waals surface area (Å²) in [5.74, 6) is 5.32. The molecule has 4 heterocycles. The fourth-order valence-corrected chi connectivity index (χ4v) is 3.81. The number of rotatable bonds is 4. The number of nitrogens with one attached hydrogen (secondary N) is 2. The second-order valence-electron chi connectivity index (χ2n) is 8.32. The topological polar surface area (TPSA) is 271 Å². The molecule has 4 aliphatic heterocycles. The Morgan fingerprint density at radius 3 is 1.58 bits per heavy atom. The summed E-state index contributed by atoms with van der Waals surface area (Å²) in [6.07, 6.45) is -9.58. The van der Waals surface area contributed by atoms with Crippen molar-refractivity contribution in [2.45, 2.75) is 49.1 Å². The van der Waals surface area contributed by atoms with Gasteiger partial charge in [-0.1, -0.05) is 0 Å². The van der Waals surface area contributed by atoms with E-state index in [1.165, 1.54) is 11.9 Å². The number of imide groups is 2. The van der Waals surface area contributed by atoms with Crippen molar-refractivity contribution < 1.29 is 59.3 Å². The van der Waals surface area contributed by atoms with Crippen molar-refractivity contribution in [3.8, 4) is 0 Å². The van der Waals surface area contributed by atoms with Crippen LogP contribution in [0.2, 0.25) is 0 Å². The molecular weight excluding hydrogens is 494 g/mol. The van der Waals surface area contributed by atoms with Crippen LogP contribution in [-0.4, -0.2) is 157 Å². The van der Waals surface area contributed by atoms with Crippen LogP contribution in [0.4, 0.5) is 19.2 Å². The summed E-state index contributed by atoms with van der Waals surface area (Å²) in [7, 11) is 1.47. The van der Waals surface area contributed by atoms with Crippen LogP contribution < -0.4 is 16.5 Å². The van der Waals surface area contributed by atoms with Crippen molar-refractivity contribution in [3.05, 3.63) is 0 Å². The van der Waals surface area contributed by atoms with E-state index in [2.05, 4.69) is 5.32 Å². The summed E-state index contributed by atoms with van der Waals surface area (Å²) in [4.78, 5) is 48.7. The Kier molecular flexibility index (Phi) is 8.48. The fourth-order valence-electron chi connectivity index (χ4n) is 3.81. The molecule has 8 atom stereocenters. The largest absolute Gasteiger partial charge is 0.394 e. The number of hydrazine groups is 1. The van der Waals surface area contributed by atoms with Gasteiger partial charge in [0.2, 0.25) is 0 Å². The maximum absolute atomic E-state index is 11.6. The van der Waals surface area contributed by atoms with E-state index in [4.69, 9.17) is 25.5 Å². The van der Waals surface area contributed by atoms with Crippen LogP contribution in [0.5, 0.6) is 0 Å². The molecule has 0 spiro atoms. The van der Waals surface area contributed by atoms with Gasteiger partial charge in [0, 0.05) is 7.05 Å². The smallest absolute Gasteiger partial charge is 0.341 e. The van der Waals surface area contributed by atoms with E-state index in [0.29, 0.717) is 0 Å². The molecule has 0 aromatic carbocycles.